The fraction of sp³-hybridized carbons (Fsp3) is 0.353. The van der Waals surface area contributed by atoms with Gasteiger partial charge in [-0.15, -0.1) is 0 Å². The standard InChI is InChI=1S/C17H20BrN3O2.C11H8Br2N2.C6H13NO2/c1-17(2,3)23-15(22)11-19-8-12-4-6-13(7-5-12)16-20-9-14(18)10-21-16;12-5-8-1-3-9(4-2-8)11-14-6-10(13)7-15-11;1-6(2,3)9-5(8)4-7/h4-7,9-10,19H,8,11H2,1-3H3;1-4,6-7H,5H2;4,7H2,1-3H3. The van der Waals surface area contributed by atoms with Gasteiger partial charge in [0, 0.05) is 47.8 Å². The second-order valence-electron chi connectivity index (χ2n) is 12.0. The van der Waals surface area contributed by atoms with Crippen molar-refractivity contribution in [2.24, 2.45) is 5.73 Å². The lowest BCUT2D eigenvalue weighted by molar-refractivity contribution is -0.154. The van der Waals surface area contributed by atoms with Gasteiger partial charge in [0.15, 0.2) is 11.6 Å². The molecule has 47 heavy (non-hydrogen) atoms. The molecule has 0 aliphatic carbocycles. The van der Waals surface area contributed by atoms with Crippen molar-refractivity contribution in [2.45, 2.75) is 64.6 Å². The number of carbonyl (C=O) groups is 2. The molecule has 3 N–H and O–H groups in total. The van der Waals surface area contributed by atoms with E-state index in [2.05, 4.69) is 85.2 Å². The maximum Gasteiger partial charge on any atom is 0.320 e. The Kier molecular flexibility index (Phi) is 16.8. The number of rotatable bonds is 8. The molecule has 0 radical (unpaired) electrons. The lowest BCUT2D eigenvalue weighted by Crippen LogP contribution is -2.31. The van der Waals surface area contributed by atoms with Crippen LogP contribution in [0.25, 0.3) is 22.8 Å². The quantitative estimate of drug-likeness (QED) is 0.136. The van der Waals surface area contributed by atoms with Crippen LogP contribution in [-0.4, -0.2) is 56.2 Å². The number of esters is 2. The number of alkyl halides is 1. The van der Waals surface area contributed by atoms with Crippen LogP contribution in [-0.2, 0) is 30.9 Å². The SMILES string of the molecule is BrCc1ccc(-c2ncc(Br)cn2)cc1.CC(C)(C)OC(=O)CN.CC(C)(C)OC(=O)CNCc1ccc(-c2ncc(Br)cn2)cc1. The van der Waals surface area contributed by atoms with E-state index in [9.17, 15) is 9.59 Å². The summed E-state index contributed by atoms with van der Waals surface area (Å²) in [5, 5.41) is 3.95. The molecule has 10 nitrogen and oxygen atoms in total. The summed E-state index contributed by atoms with van der Waals surface area (Å²) < 4.78 is 11.8. The van der Waals surface area contributed by atoms with Gasteiger partial charge in [-0.25, -0.2) is 19.9 Å². The summed E-state index contributed by atoms with van der Waals surface area (Å²) >= 11 is 10.0. The van der Waals surface area contributed by atoms with Crippen molar-refractivity contribution in [2.75, 3.05) is 13.1 Å². The van der Waals surface area contributed by atoms with Crippen LogP contribution in [0.3, 0.4) is 0 Å². The number of nitrogens with zero attached hydrogens (tertiary/aromatic N) is 4. The van der Waals surface area contributed by atoms with Crippen LogP contribution in [0.15, 0.2) is 82.3 Å². The number of hydrogen-bond donors (Lipinski definition) is 2. The van der Waals surface area contributed by atoms with E-state index in [0.717, 1.165) is 36.8 Å². The van der Waals surface area contributed by atoms with Gasteiger partial charge in [-0.3, -0.25) is 9.59 Å². The Morgan fingerprint density at radius 3 is 1.40 bits per heavy atom. The van der Waals surface area contributed by atoms with Crippen molar-refractivity contribution >= 4 is 59.7 Å². The fourth-order valence-electron chi connectivity index (χ4n) is 3.51. The Hall–Kier alpha value is -3.10. The van der Waals surface area contributed by atoms with E-state index in [-0.39, 0.29) is 25.0 Å². The van der Waals surface area contributed by atoms with Gasteiger partial charge < -0.3 is 20.5 Å². The van der Waals surface area contributed by atoms with Gasteiger partial charge in [-0.1, -0.05) is 64.5 Å². The zero-order chi connectivity index (χ0) is 35.0. The molecule has 2 aromatic heterocycles. The highest BCUT2D eigenvalue weighted by Gasteiger charge is 2.16. The van der Waals surface area contributed by atoms with Gasteiger partial charge >= 0.3 is 11.9 Å². The first-order valence-electron chi connectivity index (χ1n) is 14.6. The summed E-state index contributed by atoms with van der Waals surface area (Å²) in [7, 11) is 0. The average molecular weight is 837 g/mol. The molecule has 0 spiro atoms. The van der Waals surface area contributed by atoms with Crippen molar-refractivity contribution < 1.29 is 19.1 Å². The molecule has 0 fully saturated rings. The smallest absolute Gasteiger partial charge is 0.320 e. The van der Waals surface area contributed by atoms with E-state index in [1.165, 1.54) is 5.56 Å². The molecule has 4 aromatic rings. The number of nitrogens with one attached hydrogen (secondary N) is 1. The fourth-order valence-corrected chi connectivity index (χ4v) is 4.29. The van der Waals surface area contributed by atoms with Crippen LogP contribution < -0.4 is 11.1 Å². The maximum atomic E-state index is 11.6. The molecule has 2 heterocycles. The van der Waals surface area contributed by atoms with Gasteiger partial charge in [-0.2, -0.15) is 0 Å². The number of hydrogen-bond acceptors (Lipinski definition) is 10. The first-order valence-corrected chi connectivity index (χ1v) is 17.3. The van der Waals surface area contributed by atoms with Gasteiger partial charge in [-0.05, 0) is 84.5 Å². The minimum absolute atomic E-state index is 0.0444. The Labute approximate surface area is 302 Å². The number of halogens is 3. The van der Waals surface area contributed by atoms with E-state index in [4.69, 9.17) is 15.2 Å². The van der Waals surface area contributed by atoms with Crippen LogP contribution >= 0.6 is 47.8 Å². The van der Waals surface area contributed by atoms with Crippen molar-refractivity contribution in [1.29, 1.82) is 0 Å². The van der Waals surface area contributed by atoms with Crippen molar-refractivity contribution in [1.82, 2.24) is 25.3 Å². The average Bonchev–Trinajstić information content (AvgIpc) is 3.01. The molecule has 0 aliphatic heterocycles. The third-order valence-electron chi connectivity index (χ3n) is 5.42. The second-order valence-corrected chi connectivity index (χ2v) is 14.3. The lowest BCUT2D eigenvalue weighted by atomic mass is 10.1. The van der Waals surface area contributed by atoms with E-state index in [1.54, 1.807) is 45.6 Å². The van der Waals surface area contributed by atoms with Gasteiger partial charge in [0.2, 0.25) is 0 Å². The lowest BCUT2D eigenvalue weighted by Gasteiger charge is -2.19. The molecule has 0 bridgehead atoms. The van der Waals surface area contributed by atoms with Crippen molar-refractivity contribution in [3.63, 3.8) is 0 Å². The summed E-state index contributed by atoms with van der Waals surface area (Å²) in [4.78, 5) is 39.1. The number of benzene rings is 2. The molecule has 0 amide bonds. The normalized spacial score (nSPS) is 10.9. The largest absolute Gasteiger partial charge is 0.459 e. The van der Waals surface area contributed by atoms with E-state index < -0.39 is 11.2 Å². The van der Waals surface area contributed by atoms with Crippen LogP contribution in [0.2, 0.25) is 0 Å². The highest BCUT2D eigenvalue weighted by atomic mass is 79.9. The summed E-state index contributed by atoms with van der Waals surface area (Å²) in [6.45, 7) is 11.7. The third-order valence-corrected chi connectivity index (χ3v) is 6.89. The molecular weight excluding hydrogens is 796 g/mol. The highest BCUT2D eigenvalue weighted by Crippen LogP contribution is 2.18. The number of aromatic nitrogens is 4. The molecule has 0 unspecified atom stereocenters. The number of ether oxygens (including phenoxy) is 2. The van der Waals surface area contributed by atoms with E-state index >= 15 is 0 Å². The monoisotopic (exact) mass is 834 g/mol. The predicted octanol–water partition coefficient (Wildman–Crippen LogP) is 7.43. The molecule has 252 valence electrons. The minimum atomic E-state index is -0.453. The topological polar surface area (TPSA) is 142 Å². The third kappa shape index (κ3) is 17.0. The molecular formula is C34H41Br3N6O4. The minimum Gasteiger partial charge on any atom is -0.459 e. The van der Waals surface area contributed by atoms with Crippen LogP contribution in [0.1, 0.15) is 52.7 Å². The molecule has 13 heteroatoms. The first-order chi connectivity index (χ1) is 22.1. The zero-order valence-corrected chi connectivity index (χ0v) is 32.1. The number of carbonyl (C=O) groups excluding carboxylic acids is 2. The van der Waals surface area contributed by atoms with Crippen LogP contribution in [0.5, 0.6) is 0 Å². The Morgan fingerprint density at radius 1 is 0.681 bits per heavy atom. The van der Waals surface area contributed by atoms with E-state index in [1.807, 2.05) is 57.2 Å². The zero-order valence-electron chi connectivity index (χ0n) is 27.4. The van der Waals surface area contributed by atoms with Crippen LogP contribution in [0.4, 0.5) is 0 Å². The summed E-state index contributed by atoms with van der Waals surface area (Å²) in [5.41, 5.74) is 8.46. The molecule has 0 saturated carbocycles. The van der Waals surface area contributed by atoms with Gasteiger partial charge in [0.05, 0.1) is 22.0 Å². The van der Waals surface area contributed by atoms with Crippen molar-refractivity contribution in [3.05, 3.63) is 93.4 Å². The summed E-state index contributed by atoms with van der Waals surface area (Å²) in [6, 6.07) is 16.1. The molecule has 0 aliphatic rings. The van der Waals surface area contributed by atoms with Crippen LogP contribution in [0, 0.1) is 0 Å². The van der Waals surface area contributed by atoms with Gasteiger partial charge in [0.1, 0.15) is 11.2 Å². The molecule has 0 saturated heterocycles. The van der Waals surface area contributed by atoms with Crippen molar-refractivity contribution in [3.8, 4) is 22.8 Å². The first kappa shape index (κ1) is 40.1. The number of nitrogens with two attached hydrogens (primary N) is 1. The Morgan fingerprint density at radius 2 is 1.06 bits per heavy atom. The Balaban J connectivity index is 0.000000274. The second kappa shape index (κ2) is 19.7. The molecule has 0 atom stereocenters. The van der Waals surface area contributed by atoms with E-state index in [0.29, 0.717) is 12.4 Å². The Bertz CT molecular complexity index is 1520. The predicted molar refractivity (Wildman–Crippen MR) is 195 cm³/mol. The van der Waals surface area contributed by atoms with Gasteiger partial charge in [0.25, 0.3) is 0 Å². The summed E-state index contributed by atoms with van der Waals surface area (Å²) in [6.07, 6.45) is 6.94. The molecule has 2 aromatic carbocycles. The maximum absolute atomic E-state index is 11.6. The molecule has 4 rings (SSSR count). The summed E-state index contributed by atoms with van der Waals surface area (Å²) in [5.74, 6) is 0.820. The highest BCUT2D eigenvalue weighted by molar-refractivity contribution is 9.10.